The second kappa shape index (κ2) is 4.91. The Kier molecular flexibility index (Phi) is 4.06. The number of aliphatic carboxylic acids is 1. The van der Waals surface area contributed by atoms with Crippen molar-refractivity contribution in [2.45, 2.75) is 18.9 Å². The van der Waals surface area contributed by atoms with Crippen molar-refractivity contribution in [2.24, 2.45) is 0 Å². The summed E-state index contributed by atoms with van der Waals surface area (Å²) >= 11 is 0. The first-order valence-corrected chi connectivity index (χ1v) is 6.29. The highest BCUT2D eigenvalue weighted by Gasteiger charge is 2.31. The maximum Gasteiger partial charge on any atom is 0.304 e. The summed E-state index contributed by atoms with van der Waals surface area (Å²) in [7, 11) is -1.89. The van der Waals surface area contributed by atoms with Crippen molar-refractivity contribution in [3.8, 4) is 0 Å². The molecule has 1 unspecified atom stereocenters. The van der Waals surface area contributed by atoms with E-state index in [9.17, 15) is 13.2 Å². The van der Waals surface area contributed by atoms with E-state index >= 15 is 0 Å². The van der Waals surface area contributed by atoms with E-state index in [4.69, 9.17) is 9.84 Å². The molecule has 1 N–H and O–H groups in total. The zero-order valence-electron chi connectivity index (χ0n) is 8.55. The van der Waals surface area contributed by atoms with Crippen LogP contribution in [0.1, 0.15) is 12.8 Å². The Labute approximate surface area is 88.9 Å². The number of carbonyl (C=O) groups is 1. The van der Waals surface area contributed by atoms with Crippen molar-refractivity contribution in [1.29, 1.82) is 0 Å². The standard InChI is InChI=1S/C8H15NO5S/c1-14-7-2-4-9(6-7)15(12,13)5-3-8(10)11/h7H,2-6H2,1H3,(H,10,11). The lowest BCUT2D eigenvalue weighted by Gasteiger charge is -2.15. The molecule has 1 fully saturated rings. The van der Waals surface area contributed by atoms with E-state index in [-0.39, 0.29) is 18.3 Å². The van der Waals surface area contributed by atoms with Gasteiger partial charge in [-0.2, -0.15) is 4.31 Å². The van der Waals surface area contributed by atoms with Crippen molar-refractivity contribution >= 4 is 16.0 Å². The number of carboxylic acid groups (broad SMARTS) is 1. The van der Waals surface area contributed by atoms with E-state index in [0.717, 1.165) is 0 Å². The predicted octanol–water partition coefficient (Wildman–Crippen LogP) is -0.488. The van der Waals surface area contributed by atoms with Gasteiger partial charge in [0, 0.05) is 20.2 Å². The van der Waals surface area contributed by atoms with Gasteiger partial charge >= 0.3 is 5.97 Å². The Morgan fingerprint density at radius 3 is 2.73 bits per heavy atom. The zero-order valence-corrected chi connectivity index (χ0v) is 9.37. The number of rotatable bonds is 5. The summed E-state index contributed by atoms with van der Waals surface area (Å²) in [5.74, 6) is -1.43. The van der Waals surface area contributed by atoms with Crippen LogP contribution in [0.4, 0.5) is 0 Å². The Bertz CT molecular complexity index is 326. The maximum absolute atomic E-state index is 11.6. The van der Waals surface area contributed by atoms with Gasteiger partial charge < -0.3 is 9.84 Å². The largest absolute Gasteiger partial charge is 0.481 e. The van der Waals surface area contributed by atoms with Crippen LogP contribution < -0.4 is 0 Å². The molecule has 15 heavy (non-hydrogen) atoms. The molecule has 0 saturated carbocycles. The van der Waals surface area contributed by atoms with Gasteiger partial charge in [-0.3, -0.25) is 4.79 Å². The van der Waals surface area contributed by atoms with E-state index in [2.05, 4.69) is 0 Å². The van der Waals surface area contributed by atoms with Gasteiger partial charge in [-0.1, -0.05) is 0 Å². The molecule has 1 atom stereocenters. The van der Waals surface area contributed by atoms with Crippen LogP contribution in [-0.4, -0.2) is 55.9 Å². The van der Waals surface area contributed by atoms with Crippen LogP contribution in [0.5, 0.6) is 0 Å². The Morgan fingerprint density at radius 2 is 2.27 bits per heavy atom. The minimum absolute atomic E-state index is 0.0652. The quantitative estimate of drug-likeness (QED) is 0.697. The molecule has 0 amide bonds. The smallest absolute Gasteiger partial charge is 0.304 e. The SMILES string of the molecule is COC1CCN(S(=O)(=O)CCC(=O)O)C1. The fourth-order valence-electron chi connectivity index (χ4n) is 1.49. The summed E-state index contributed by atoms with van der Waals surface area (Å²) in [4.78, 5) is 10.3. The highest BCUT2D eigenvalue weighted by atomic mass is 32.2. The Hall–Kier alpha value is -0.660. The first-order valence-electron chi connectivity index (χ1n) is 4.68. The number of hydrogen-bond acceptors (Lipinski definition) is 4. The van der Waals surface area contributed by atoms with Gasteiger partial charge in [0.05, 0.1) is 18.3 Å². The second-order valence-corrected chi connectivity index (χ2v) is 5.55. The summed E-state index contributed by atoms with van der Waals surface area (Å²) in [6.45, 7) is 0.749. The van der Waals surface area contributed by atoms with Gasteiger partial charge in [-0.25, -0.2) is 8.42 Å². The fraction of sp³-hybridized carbons (Fsp3) is 0.875. The minimum atomic E-state index is -3.43. The number of sulfonamides is 1. The molecule has 1 aliphatic heterocycles. The first kappa shape index (κ1) is 12.4. The molecule has 1 aliphatic rings. The van der Waals surface area contributed by atoms with Gasteiger partial charge in [-0.15, -0.1) is 0 Å². The highest BCUT2D eigenvalue weighted by Crippen LogP contribution is 2.16. The third-order valence-corrected chi connectivity index (χ3v) is 4.25. The van der Waals surface area contributed by atoms with E-state index < -0.39 is 16.0 Å². The van der Waals surface area contributed by atoms with Gasteiger partial charge in [0.25, 0.3) is 0 Å². The normalized spacial score (nSPS) is 23.1. The van der Waals surface area contributed by atoms with Crippen LogP contribution in [-0.2, 0) is 19.6 Å². The van der Waals surface area contributed by atoms with Gasteiger partial charge in [-0.05, 0) is 6.42 Å². The zero-order chi connectivity index (χ0) is 11.5. The average Bonchev–Trinajstić information content (AvgIpc) is 2.63. The molecule has 7 heteroatoms. The number of methoxy groups -OCH3 is 1. The van der Waals surface area contributed by atoms with Gasteiger partial charge in [0.1, 0.15) is 0 Å². The number of hydrogen-bond donors (Lipinski definition) is 1. The fourth-order valence-corrected chi connectivity index (χ4v) is 2.96. The molecular formula is C8H15NO5S. The average molecular weight is 237 g/mol. The van der Waals surface area contributed by atoms with Crippen molar-refractivity contribution in [1.82, 2.24) is 4.31 Å². The molecule has 1 rings (SSSR count). The summed E-state index contributed by atoms with van der Waals surface area (Å²) in [6, 6.07) is 0. The molecule has 1 heterocycles. The molecule has 0 aromatic rings. The predicted molar refractivity (Wildman–Crippen MR) is 53.0 cm³/mol. The van der Waals surface area contributed by atoms with Gasteiger partial charge in [0.2, 0.25) is 10.0 Å². The lowest BCUT2D eigenvalue weighted by atomic mass is 10.3. The number of carboxylic acids is 1. The molecule has 0 aromatic heterocycles. The van der Waals surface area contributed by atoms with Crippen LogP contribution in [0.15, 0.2) is 0 Å². The summed E-state index contributed by atoms with van der Waals surface area (Å²) in [5.41, 5.74) is 0. The van der Waals surface area contributed by atoms with E-state index in [1.807, 2.05) is 0 Å². The molecule has 0 spiro atoms. The Balaban J connectivity index is 2.52. The van der Waals surface area contributed by atoms with Crippen LogP contribution in [0.2, 0.25) is 0 Å². The molecule has 0 radical (unpaired) electrons. The highest BCUT2D eigenvalue weighted by molar-refractivity contribution is 7.89. The Morgan fingerprint density at radius 1 is 1.60 bits per heavy atom. The molecule has 0 aliphatic carbocycles. The summed E-state index contributed by atoms with van der Waals surface area (Å²) in [5, 5.41) is 8.41. The topological polar surface area (TPSA) is 83.9 Å². The van der Waals surface area contributed by atoms with Crippen LogP contribution in [0, 0.1) is 0 Å². The van der Waals surface area contributed by atoms with Gasteiger partial charge in [0.15, 0.2) is 0 Å². The van der Waals surface area contributed by atoms with E-state index in [1.165, 1.54) is 11.4 Å². The third kappa shape index (κ3) is 3.44. The van der Waals surface area contributed by atoms with E-state index in [0.29, 0.717) is 19.5 Å². The maximum atomic E-state index is 11.6. The van der Waals surface area contributed by atoms with Crippen LogP contribution >= 0.6 is 0 Å². The lowest BCUT2D eigenvalue weighted by Crippen LogP contribution is -2.32. The molecular weight excluding hydrogens is 222 g/mol. The molecule has 0 bridgehead atoms. The van der Waals surface area contributed by atoms with Crippen LogP contribution in [0.25, 0.3) is 0 Å². The third-order valence-electron chi connectivity index (χ3n) is 2.41. The number of nitrogens with zero attached hydrogens (tertiary/aromatic N) is 1. The monoisotopic (exact) mass is 237 g/mol. The van der Waals surface area contributed by atoms with Crippen LogP contribution in [0.3, 0.4) is 0 Å². The van der Waals surface area contributed by atoms with Crippen molar-refractivity contribution < 1.29 is 23.1 Å². The molecule has 6 nitrogen and oxygen atoms in total. The molecule has 88 valence electrons. The lowest BCUT2D eigenvalue weighted by molar-refractivity contribution is -0.136. The first-order chi connectivity index (χ1) is 6.95. The van der Waals surface area contributed by atoms with Crippen molar-refractivity contribution in [3.63, 3.8) is 0 Å². The molecule has 1 saturated heterocycles. The summed E-state index contributed by atoms with van der Waals surface area (Å²) in [6.07, 6.45) is 0.254. The van der Waals surface area contributed by atoms with Crippen molar-refractivity contribution in [2.75, 3.05) is 26.0 Å². The summed E-state index contributed by atoms with van der Waals surface area (Å²) < 4.78 is 29.5. The van der Waals surface area contributed by atoms with Crippen molar-refractivity contribution in [3.05, 3.63) is 0 Å². The van der Waals surface area contributed by atoms with E-state index in [1.54, 1.807) is 0 Å². The second-order valence-electron chi connectivity index (χ2n) is 3.46. The number of ether oxygens (including phenoxy) is 1. The molecule has 0 aromatic carbocycles. The minimum Gasteiger partial charge on any atom is -0.481 e.